The molecule has 0 aromatic heterocycles. The molecular formula is C31H18O2. The van der Waals surface area contributed by atoms with E-state index in [1.165, 1.54) is 0 Å². The Kier molecular flexibility index (Phi) is 6.47. The van der Waals surface area contributed by atoms with Gasteiger partial charge in [-0.05, 0) is 43.3 Å². The zero-order valence-electron chi connectivity index (χ0n) is 18.0. The van der Waals surface area contributed by atoms with Gasteiger partial charge in [-0.15, -0.1) is 0 Å². The van der Waals surface area contributed by atoms with Gasteiger partial charge in [0.05, 0.1) is 11.1 Å². The summed E-state index contributed by atoms with van der Waals surface area (Å²) in [7, 11) is 0. The Bertz CT molecular complexity index is 1470. The third-order valence-corrected chi connectivity index (χ3v) is 4.97. The maximum Gasteiger partial charge on any atom is 0.242 e. The normalized spacial score (nSPS) is 12.8. The number of allylic oxidation sites excluding steroid dienone is 4. The largest absolute Gasteiger partial charge is 0.285 e. The fourth-order valence-electron chi connectivity index (χ4n) is 3.19. The van der Waals surface area contributed by atoms with Crippen LogP contribution in [0.2, 0.25) is 0 Å². The minimum Gasteiger partial charge on any atom is -0.285 e. The number of carbonyl (C=O) groups is 2. The Morgan fingerprint density at radius 1 is 0.424 bits per heavy atom. The van der Waals surface area contributed by atoms with Crippen LogP contribution in [0.5, 0.6) is 0 Å². The van der Waals surface area contributed by atoms with Crippen LogP contribution in [-0.2, 0) is 9.59 Å². The van der Waals surface area contributed by atoms with E-state index in [1.807, 2.05) is 91.0 Å². The summed E-state index contributed by atoms with van der Waals surface area (Å²) in [6.45, 7) is 1.61. The Morgan fingerprint density at radius 3 is 1.21 bits per heavy atom. The van der Waals surface area contributed by atoms with Crippen molar-refractivity contribution in [2.75, 3.05) is 0 Å². The van der Waals surface area contributed by atoms with Crippen molar-refractivity contribution in [3.63, 3.8) is 0 Å². The molecule has 0 saturated heterocycles. The summed E-state index contributed by atoms with van der Waals surface area (Å²) < 4.78 is 0. The summed E-state index contributed by atoms with van der Waals surface area (Å²) in [5.74, 6) is 17.0. The molecule has 1 aliphatic rings. The van der Waals surface area contributed by atoms with Crippen molar-refractivity contribution in [2.24, 2.45) is 0 Å². The Hall–Kier alpha value is -4.84. The molecule has 1 aliphatic carbocycles. The minimum atomic E-state index is -0.654. The van der Waals surface area contributed by atoms with Gasteiger partial charge in [-0.1, -0.05) is 90.1 Å². The number of hydrogen-bond acceptors (Lipinski definition) is 2. The second-order valence-corrected chi connectivity index (χ2v) is 7.26. The summed E-state index contributed by atoms with van der Waals surface area (Å²) in [5.41, 5.74) is 3.51. The Balaban J connectivity index is 1.90. The van der Waals surface area contributed by atoms with Crippen molar-refractivity contribution in [1.82, 2.24) is 0 Å². The predicted octanol–water partition coefficient (Wildman–Crippen LogP) is 4.91. The van der Waals surface area contributed by atoms with E-state index in [2.05, 4.69) is 35.5 Å². The maximum absolute atomic E-state index is 12.9. The first-order valence-corrected chi connectivity index (χ1v) is 10.4. The Morgan fingerprint density at radius 2 is 0.788 bits per heavy atom. The number of ketones is 2. The first-order valence-electron chi connectivity index (χ1n) is 10.4. The van der Waals surface area contributed by atoms with Crippen molar-refractivity contribution in [2.45, 2.75) is 6.92 Å². The molecule has 0 unspecified atom stereocenters. The molecule has 0 N–H and O–H groups in total. The van der Waals surface area contributed by atoms with Gasteiger partial charge in [-0.3, -0.25) is 9.59 Å². The molecule has 4 rings (SSSR count). The summed E-state index contributed by atoms with van der Waals surface area (Å²) in [6.07, 6.45) is 0. The van der Waals surface area contributed by atoms with Crippen molar-refractivity contribution in [1.29, 1.82) is 0 Å². The van der Waals surface area contributed by atoms with E-state index in [9.17, 15) is 9.59 Å². The van der Waals surface area contributed by atoms with Gasteiger partial charge in [0.2, 0.25) is 11.6 Å². The highest BCUT2D eigenvalue weighted by atomic mass is 16.2. The lowest BCUT2D eigenvalue weighted by Gasteiger charge is -2.14. The van der Waals surface area contributed by atoms with Crippen molar-refractivity contribution in [3.05, 3.63) is 130 Å². The van der Waals surface area contributed by atoms with Gasteiger partial charge < -0.3 is 0 Å². The van der Waals surface area contributed by atoms with Crippen LogP contribution >= 0.6 is 0 Å². The van der Waals surface area contributed by atoms with E-state index in [-0.39, 0.29) is 11.1 Å². The molecule has 0 fully saturated rings. The van der Waals surface area contributed by atoms with Crippen LogP contribution in [0, 0.1) is 35.5 Å². The second-order valence-electron chi connectivity index (χ2n) is 7.26. The Labute approximate surface area is 193 Å². The molecule has 0 spiro atoms. The van der Waals surface area contributed by atoms with E-state index in [0.29, 0.717) is 11.1 Å². The molecule has 0 heterocycles. The highest BCUT2D eigenvalue weighted by molar-refractivity contribution is 6.51. The quantitative estimate of drug-likeness (QED) is 0.293. The zero-order chi connectivity index (χ0) is 23.0. The third kappa shape index (κ3) is 5.08. The van der Waals surface area contributed by atoms with Gasteiger partial charge in [0, 0.05) is 27.8 Å². The number of carbonyl (C=O) groups excluding carboxylic acids is 2. The van der Waals surface area contributed by atoms with E-state index in [0.717, 1.165) is 16.7 Å². The molecule has 2 nitrogen and oxygen atoms in total. The van der Waals surface area contributed by atoms with Crippen LogP contribution in [0.25, 0.3) is 0 Å². The van der Waals surface area contributed by atoms with Gasteiger partial charge in [0.25, 0.3) is 0 Å². The smallest absolute Gasteiger partial charge is 0.242 e. The SMILES string of the molecule is CC1=C(C#Cc2ccccc2)C(C#Cc2ccccc2)=C(C#Cc2ccccc2)C(=O)C1=O. The van der Waals surface area contributed by atoms with Gasteiger partial charge in [0.1, 0.15) is 0 Å². The molecule has 0 saturated carbocycles. The van der Waals surface area contributed by atoms with E-state index < -0.39 is 11.6 Å². The van der Waals surface area contributed by atoms with E-state index in [1.54, 1.807) is 6.92 Å². The zero-order valence-corrected chi connectivity index (χ0v) is 18.0. The van der Waals surface area contributed by atoms with Gasteiger partial charge >= 0.3 is 0 Å². The molecule has 33 heavy (non-hydrogen) atoms. The molecule has 3 aromatic rings. The molecule has 0 bridgehead atoms. The van der Waals surface area contributed by atoms with Crippen molar-refractivity contribution < 1.29 is 9.59 Å². The minimum absolute atomic E-state index is 0.0789. The van der Waals surface area contributed by atoms with Crippen LogP contribution in [0.3, 0.4) is 0 Å². The lowest BCUT2D eigenvalue weighted by Crippen LogP contribution is -2.24. The average molecular weight is 422 g/mol. The predicted molar refractivity (Wildman–Crippen MR) is 130 cm³/mol. The highest BCUT2D eigenvalue weighted by Gasteiger charge is 2.31. The molecule has 154 valence electrons. The fourth-order valence-corrected chi connectivity index (χ4v) is 3.19. The average Bonchev–Trinajstić information content (AvgIpc) is 2.87. The van der Waals surface area contributed by atoms with E-state index >= 15 is 0 Å². The molecular weight excluding hydrogens is 404 g/mol. The van der Waals surface area contributed by atoms with Crippen LogP contribution in [0.4, 0.5) is 0 Å². The first kappa shape index (κ1) is 21.4. The molecule has 3 aromatic carbocycles. The summed E-state index contributed by atoms with van der Waals surface area (Å²) in [4.78, 5) is 25.7. The van der Waals surface area contributed by atoms with Crippen molar-refractivity contribution >= 4 is 11.6 Å². The molecule has 0 amide bonds. The van der Waals surface area contributed by atoms with Crippen LogP contribution in [0.15, 0.2) is 113 Å². The first-order chi connectivity index (χ1) is 16.1. The number of rotatable bonds is 0. The lowest BCUT2D eigenvalue weighted by atomic mass is 9.84. The van der Waals surface area contributed by atoms with Crippen LogP contribution < -0.4 is 0 Å². The number of benzene rings is 3. The summed E-state index contributed by atoms with van der Waals surface area (Å²) in [5, 5.41) is 0. The van der Waals surface area contributed by atoms with Gasteiger partial charge in [-0.2, -0.15) is 0 Å². The number of hydrogen-bond donors (Lipinski definition) is 0. The summed E-state index contributed by atoms with van der Waals surface area (Å²) >= 11 is 0. The second kappa shape index (κ2) is 9.98. The van der Waals surface area contributed by atoms with Crippen LogP contribution in [0.1, 0.15) is 23.6 Å². The summed E-state index contributed by atoms with van der Waals surface area (Å²) in [6, 6.07) is 28.2. The van der Waals surface area contributed by atoms with Gasteiger partial charge in [-0.25, -0.2) is 0 Å². The number of Topliss-reactive ketones (excluding diaryl/α,β-unsaturated/α-hetero) is 2. The third-order valence-electron chi connectivity index (χ3n) is 4.97. The lowest BCUT2D eigenvalue weighted by molar-refractivity contribution is -0.132. The topological polar surface area (TPSA) is 34.1 Å². The van der Waals surface area contributed by atoms with Crippen LogP contribution in [-0.4, -0.2) is 11.6 Å². The van der Waals surface area contributed by atoms with E-state index in [4.69, 9.17) is 0 Å². The molecule has 0 atom stereocenters. The van der Waals surface area contributed by atoms with Gasteiger partial charge in [0.15, 0.2) is 0 Å². The highest BCUT2D eigenvalue weighted by Crippen LogP contribution is 2.26. The molecule has 0 aliphatic heterocycles. The molecule has 0 radical (unpaired) electrons. The monoisotopic (exact) mass is 422 g/mol. The molecule has 2 heteroatoms. The maximum atomic E-state index is 12.9. The standard InChI is InChI=1S/C31H18O2/c1-23-27(20-17-24-11-5-2-6-12-24)28(21-18-25-13-7-3-8-14-25)29(31(33)30(23)32)22-19-26-15-9-4-10-16-26/h2-16H,1H3. The van der Waals surface area contributed by atoms with Crippen molar-refractivity contribution in [3.8, 4) is 35.5 Å². The fraction of sp³-hybridized carbons (Fsp3) is 0.0323.